The van der Waals surface area contributed by atoms with Gasteiger partial charge in [0.15, 0.2) is 0 Å². The van der Waals surface area contributed by atoms with Gasteiger partial charge in [0.1, 0.15) is 11.4 Å². The summed E-state index contributed by atoms with van der Waals surface area (Å²) in [6.07, 6.45) is 2.11. The average molecular weight is 295 g/mol. The fourth-order valence-electron chi connectivity index (χ4n) is 2.51. The molecule has 0 fully saturated rings. The molecule has 0 unspecified atom stereocenters. The number of aromatic hydroxyl groups is 1. The molecule has 0 bridgehead atoms. The number of para-hydroxylation sites is 2. The largest absolute Gasteiger partial charge is 0.506 e. The van der Waals surface area contributed by atoms with E-state index in [1.165, 1.54) is 0 Å². The van der Waals surface area contributed by atoms with Gasteiger partial charge in [-0.05, 0) is 37.6 Å². The zero-order chi connectivity index (χ0) is 15.7. The second-order valence-corrected chi connectivity index (χ2v) is 5.27. The molecule has 1 aromatic carbocycles. The van der Waals surface area contributed by atoms with E-state index in [1.807, 2.05) is 36.6 Å². The van der Waals surface area contributed by atoms with Gasteiger partial charge in [0, 0.05) is 6.20 Å². The van der Waals surface area contributed by atoms with Crippen molar-refractivity contribution in [2.75, 3.05) is 5.32 Å². The van der Waals surface area contributed by atoms with Gasteiger partial charge in [-0.25, -0.2) is 4.98 Å². The third kappa shape index (κ3) is 2.53. The summed E-state index contributed by atoms with van der Waals surface area (Å²) < 4.78 is 1.94. The van der Waals surface area contributed by atoms with Crippen LogP contribution in [0.2, 0.25) is 0 Å². The van der Waals surface area contributed by atoms with Crippen molar-refractivity contribution in [1.82, 2.24) is 9.38 Å². The molecule has 5 heteroatoms. The van der Waals surface area contributed by atoms with Crippen LogP contribution in [0.15, 0.2) is 42.6 Å². The van der Waals surface area contributed by atoms with Gasteiger partial charge in [-0.3, -0.25) is 4.79 Å². The second kappa shape index (κ2) is 5.52. The highest BCUT2D eigenvalue weighted by atomic mass is 16.3. The smallest absolute Gasteiger partial charge is 0.230 e. The Morgan fingerprint density at radius 2 is 2.00 bits per heavy atom. The van der Waals surface area contributed by atoms with E-state index in [0.29, 0.717) is 5.69 Å². The summed E-state index contributed by atoms with van der Waals surface area (Å²) in [5, 5.41) is 12.4. The maximum Gasteiger partial charge on any atom is 0.230 e. The van der Waals surface area contributed by atoms with Crippen molar-refractivity contribution in [2.45, 2.75) is 20.3 Å². The van der Waals surface area contributed by atoms with E-state index in [4.69, 9.17) is 0 Å². The number of anilines is 1. The standard InChI is InChI=1S/C17H17N3O2/c1-11-6-5-9-20-14(12(2)18-17(11)20)10-16(22)19-13-7-3-4-8-15(13)21/h3-9,21H,10H2,1-2H3,(H,19,22). The van der Waals surface area contributed by atoms with E-state index in [2.05, 4.69) is 10.3 Å². The van der Waals surface area contributed by atoms with Crippen LogP contribution in [-0.2, 0) is 11.2 Å². The van der Waals surface area contributed by atoms with Gasteiger partial charge in [-0.2, -0.15) is 0 Å². The van der Waals surface area contributed by atoms with Crippen LogP contribution in [0.4, 0.5) is 5.69 Å². The fourth-order valence-corrected chi connectivity index (χ4v) is 2.51. The number of phenolic OH excluding ortho intramolecular Hbond substituents is 1. The zero-order valence-electron chi connectivity index (χ0n) is 12.5. The molecule has 5 nitrogen and oxygen atoms in total. The summed E-state index contributed by atoms with van der Waals surface area (Å²) in [6, 6.07) is 10.6. The SMILES string of the molecule is Cc1nc2c(C)cccn2c1CC(=O)Nc1ccccc1O. The number of hydrogen-bond donors (Lipinski definition) is 2. The van der Waals surface area contributed by atoms with Crippen LogP contribution in [0, 0.1) is 13.8 Å². The number of pyridine rings is 1. The van der Waals surface area contributed by atoms with Crippen molar-refractivity contribution in [3.05, 3.63) is 59.5 Å². The number of rotatable bonds is 3. The third-order valence-corrected chi connectivity index (χ3v) is 3.65. The van der Waals surface area contributed by atoms with Gasteiger partial charge in [-0.1, -0.05) is 18.2 Å². The molecular weight excluding hydrogens is 278 g/mol. The number of amides is 1. The Labute approximate surface area is 128 Å². The molecule has 1 amide bonds. The van der Waals surface area contributed by atoms with E-state index >= 15 is 0 Å². The number of imidazole rings is 1. The lowest BCUT2D eigenvalue weighted by atomic mass is 10.2. The molecule has 112 valence electrons. The van der Waals surface area contributed by atoms with Crippen molar-refractivity contribution >= 4 is 17.2 Å². The summed E-state index contributed by atoms with van der Waals surface area (Å²) in [7, 11) is 0. The number of benzene rings is 1. The molecular formula is C17H17N3O2. The Balaban J connectivity index is 1.87. The molecule has 0 aliphatic carbocycles. The number of nitrogens with zero attached hydrogens (tertiary/aromatic N) is 2. The highest BCUT2D eigenvalue weighted by Crippen LogP contribution is 2.22. The molecule has 0 atom stereocenters. The van der Waals surface area contributed by atoms with E-state index in [1.54, 1.807) is 24.3 Å². The maximum atomic E-state index is 12.2. The summed E-state index contributed by atoms with van der Waals surface area (Å²) in [5.41, 5.74) is 4.03. The Morgan fingerprint density at radius 3 is 2.77 bits per heavy atom. The maximum absolute atomic E-state index is 12.2. The summed E-state index contributed by atoms with van der Waals surface area (Å²) in [5.74, 6) is -0.130. The van der Waals surface area contributed by atoms with Crippen molar-refractivity contribution in [2.24, 2.45) is 0 Å². The van der Waals surface area contributed by atoms with Crippen LogP contribution in [0.3, 0.4) is 0 Å². The Hall–Kier alpha value is -2.82. The lowest BCUT2D eigenvalue weighted by Crippen LogP contribution is -2.16. The fraction of sp³-hybridized carbons (Fsp3) is 0.176. The van der Waals surface area contributed by atoms with E-state index in [0.717, 1.165) is 22.6 Å². The monoisotopic (exact) mass is 295 g/mol. The van der Waals surface area contributed by atoms with Crippen molar-refractivity contribution in [3.8, 4) is 5.75 Å². The number of aromatic nitrogens is 2. The predicted octanol–water partition coefficient (Wildman–Crippen LogP) is 2.84. The first-order valence-corrected chi connectivity index (χ1v) is 7.07. The zero-order valence-corrected chi connectivity index (χ0v) is 12.5. The lowest BCUT2D eigenvalue weighted by molar-refractivity contribution is -0.115. The van der Waals surface area contributed by atoms with E-state index < -0.39 is 0 Å². The number of nitrogens with one attached hydrogen (secondary N) is 1. The van der Waals surface area contributed by atoms with Crippen molar-refractivity contribution < 1.29 is 9.90 Å². The predicted molar refractivity (Wildman–Crippen MR) is 85.1 cm³/mol. The first-order valence-electron chi connectivity index (χ1n) is 7.07. The summed E-state index contributed by atoms with van der Waals surface area (Å²) in [6.45, 7) is 3.89. The minimum Gasteiger partial charge on any atom is -0.506 e. The number of fused-ring (bicyclic) bond motifs is 1. The molecule has 0 spiro atoms. The molecule has 2 aromatic heterocycles. The topological polar surface area (TPSA) is 66.6 Å². The molecule has 0 aliphatic heterocycles. The molecule has 0 radical (unpaired) electrons. The highest BCUT2D eigenvalue weighted by Gasteiger charge is 2.14. The summed E-state index contributed by atoms with van der Waals surface area (Å²) >= 11 is 0. The molecule has 0 aliphatic rings. The van der Waals surface area contributed by atoms with Crippen LogP contribution in [0.5, 0.6) is 5.75 Å². The number of phenols is 1. The average Bonchev–Trinajstić information content (AvgIpc) is 2.80. The van der Waals surface area contributed by atoms with Crippen LogP contribution in [-0.4, -0.2) is 20.4 Å². The quantitative estimate of drug-likeness (QED) is 0.730. The number of carbonyl (C=O) groups is 1. The van der Waals surface area contributed by atoms with Crippen LogP contribution < -0.4 is 5.32 Å². The number of aryl methyl sites for hydroxylation is 2. The van der Waals surface area contributed by atoms with Gasteiger partial charge in [0.2, 0.25) is 5.91 Å². The second-order valence-electron chi connectivity index (χ2n) is 5.27. The van der Waals surface area contributed by atoms with Gasteiger partial charge in [-0.15, -0.1) is 0 Å². The van der Waals surface area contributed by atoms with Crippen LogP contribution >= 0.6 is 0 Å². The molecule has 2 heterocycles. The lowest BCUT2D eigenvalue weighted by Gasteiger charge is -2.08. The minimum absolute atomic E-state index is 0.0570. The van der Waals surface area contributed by atoms with Crippen LogP contribution in [0.25, 0.3) is 5.65 Å². The van der Waals surface area contributed by atoms with Crippen molar-refractivity contribution in [1.29, 1.82) is 0 Å². The van der Waals surface area contributed by atoms with E-state index in [9.17, 15) is 9.90 Å². The normalized spacial score (nSPS) is 10.8. The number of carbonyl (C=O) groups excluding carboxylic acids is 1. The number of hydrogen-bond acceptors (Lipinski definition) is 3. The van der Waals surface area contributed by atoms with Crippen LogP contribution in [0.1, 0.15) is 17.0 Å². The van der Waals surface area contributed by atoms with Gasteiger partial charge >= 0.3 is 0 Å². The summed E-state index contributed by atoms with van der Waals surface area (Å²) in [4.78, 5) is 16.8. The molecule has 22 heavy (non-hydrogen) atoms. The van der Waals surface area contributed by atoms with Gasteiger partial charge in [0.25, 0.3) is 0 Å². The molecule has 3 aromatic rings. The third-order valence-electron chi connectivity index (χ3n) is 3.65. The van der Waals surface area contributed by atoms with E-state index in [-0.39, 0.29) is 18.1 Å². The Morgan fingerprint density at radius 1 is 1.23 bits per heavy atom. The first kappa shape index (κ1) is 14.1. The molecule has 0 saturated carbocycles. The highest BCUT2D eigenvalue weighted by molar-refractivity contribution is 5.93. The van der Waals surface area contributed by atoms with Crippen molar-refractivity contribution in [3.63, 3.8) is 0 Å². The first-order chi connectivity index (χ1) is 10.6. The van der Waals surface area contributed by atoms with Gasteiger partial charge in [0.05, 0.1) is 23.5 Å². The molecule has 2 N–H and O–H groups in total. The Bertz CT molecular complexity index is 852. The minimum atomic E-state index is -0.187. The Kier molecular flexibility index (Phi) is 3.55. The molecule has 3 rings (SSSR count). The molecule has 0 saturated heterocycles. The van der Waals surface area contributed by atoms with Gasteiger partial charge < -0.3 is 14.8 Å².